The van der Waals surface area contributed by atoms with Gasteiger partial charge in [0.2, 0.25) is 0 Å². The molecule has 0 bridgehead atoms. The molecule has 0 aliphatic carbocycles. The van der Waals surface area contributed by atoms with Crippen LogP contribution in [-0.4, -0.2) is 14.7 Å². The number of benzene rings is 1. The van der Waals surface area contributed by atoms with E-state index in [0.29, 0.717) is 11.6 Å². The molecule has 1 aromatic heterocycles. The fraction of sp³-hybridized carbons (Fsp3) is 0.250. The Labute approximate surface area is 107 Å². The molecular formula is C12H15N2O3P. The molecule has 0 saturated heterocycles. The number of hydrogen-bond donors (Lipinski definition) is 1. The van der Waals surface area contributed by atoms with Crippen molar-refractivity contribution in [2.75, 3.05) is 0 Å². The van der Waals surface area contributed by atoms with Gasteiger partial charge in [-0.25, -0.2) is 9.55 Å². The summed E-state index contributed by atoms with van der Waals surface area (Å²) >= 11 is 0. The van der Waals surface area contributed by atoms with E-state index in [2.05, 4.69) is 9.51 Å². The highest BCUT2D eigenvalue weighted by Gasteiger charge is 2.03. The SMILES string of the molecule is CC(O)c1nccn1C.O=POc1ccccc1. The molecule has 1 N–H and O–H groups in total. The second-order valence-corrected chi connectivity index (χ2v) is 3.88. The largest absolute Gasteiger partial charge is 0.408 e. The summed E-state index contributed by atoms with van der Waals surface area (Å²) in [5, 5.41) is 9.01. The van der Waals surface area contributed by atoms with Crippen molar-refractivity contribution in [3.05, 3.63) is 48.5 Å². The molecule has 2 aromatic rings. The first-order chi connectivity index (χ1) is 8.65. The van der Waals surface area contributed by atoms with Gasteiger partial charge < -0.3 is 14.2 Å². The molecular weight excluding hydrogens is 251 g/mol. The first-order valence-electron chi connectivity index (χ1n) is 5.35. The number of hydrogen-bond acceptors (Lipinski definition) is 4. The van der Waals surface area contributed by atoms with Gasteiger partial charge in [-0.2, -0.15) is 0 Å². The van der Waals surface area contributed by atoms with Crippen LogP contribution in [0.1, 0.15) is 18.9 Å². The molecule has 0 aliphatic rings. The maximum absolute atomic E-state index is 9.85. The van der Waals surface area contributed by atoms with E-state index in [4.69, 9.17) is 5.11 Å². The first kappa shape index (κ1) is 14.4. The minimum absolute atomic E-state index is 0.305. The zero-order valence-corrected chi connectivity index (χ0v) is 11.1. The van der Waals surface area contributed by atoms with Crippen molar-refractivity contribution < 1.29 is 14.2 Å². The fourth-order valence-corrected chi connectivity index (χ4v) is 1.51. The van der Waals surface area contributed by atoms with Crippen LogP contribution >= 0.6 is 8.69 Å². The average Bonchev–Trinajstić information content (AvgIpc) is 2.78. The first-order valence-corrected chi connectivity index (χ1v) is 6.08. The Hall–Kier alpha value is -1.71. The van der Waals surface area contributed by atoms with E-state index in [1.165, 1.54) is 0 Å². The molecule has 0 saturated carbocycles. The highest BCUT2D eigenvalue weighted by Crippen LogP contribution is 2.12. The van der Waals surface area contributed by atoms with E-state index in [1.54, 1.807) is 29.8 Å². The molecule has 6 heteroatoms. The van der Waals surface area contributed by atoms with Crippen LogP contribution in [0, 0.1) is 0 Å². The van der Waals surface area contributed by atoms with Crippen LogP contribution in [-0.2, 0) is 11.6 Å². The van der Waals surface area contributed by atoms with E-state index >= 15 is 0 Å². The van der Waals surface area contributed by atoms with Crippen LogP contribution in [0.25, 0.3) is 0 Å². The molecule has 2 rings (SSSR count). The van der Waals surface area contributed by atoms with Crippen molar-refractivity contribution in [3.8, 4) is 5.75 Å². The third-order valence-electron chi connectivity index (χ3n) is 2.12. The Bertz CT molecular complexity index is 471. The Morgan fingerprint density at radius 3 is 2.44 bits per heavy atom. The quantitative estimate of drug-likeness (QED) is 0.867. The smallest absolute Gasteiger partial charge is 0.395 e. The van der Waals surface area contributed by atoms with Gasteiger partial charge in [0.05, 0.1) is 0 Å². The standard InChI is InChI=1S/C6H10N2O.C6H5O2P/c1-5(9)6-7-3-4-8(6)2;7-9-8-6-4-2-1-3-5-6/h3-5,9H,1-2H3;1-5H. The van der Waals surface area contributed by atoms with Gasteiger partial charge in [-0.1, -0.05) is 18.2 Å². The third kappa shape index (κ3) is 4.65. The van der Waals surface area contributed by atoms with E-state index in [-0.39, 0.29) is 8.69 Å². The summed E-state index contributed by atoms with van der Waals surface area (Å²) in [6.45, 7) is 1.70. The predicted molar refractivity (Wildman–Crippen MR) is 68.5 cm³/mol. The Morgan fingerprint density at radius 1 is 1.39 bits per heavy atom. The third-order valence-corrected chi connectivity index (χ3v) is 2.40. The van der Waals surface area contributed by atoms with E-state index in [0.717, 1.165) is 0 Å². The van der Waals surface area contributed by atoms with Crippen molar-refractivity contribution in [2.24, 2.45) is 7.05 Å². The van der Waals surface area contributed by atoms with Gasteiger partial charge >= 0.3 is 8.69 Å². The van der Waals surface area contributed by atoms with E-state index in [1.807, 2.05) is 31.4 Å². The molecule has 0 amide bonds. The van der Waals surface area contributed by atoms with Crippen molar-refractivity contribution in [3.63, 3.8) is 0 Å². The summed E-state index contributed by atoms with van der Waals surface area (Å²) in [4.78, 5) is 3.93. The van der Waals surface area contributed by atoms with Gasteiger partial charge in [0, 0.05) is 19.4 Å². The van der Waals surface area contributed by atoms with Crippen molar-refractivity contribution in [2.45, 2.75) is 13.0 Å². The number of para-hydroxylation sites is 1. The number of aliphatic hydroxyl groups is 1. The van der Waals surface area contributed by atoms with Crippen LogP contribution in [0.15, 0.2) is 42.7 Å². The minimum Gasteiger partial charge on any atom is -0.408 e. The van der Waals surface area contributed by atoms with Crippen LogP contribution < -0.4 is 4.52 Å². The van der Waals surface area contributed by atoms with Crippen LogP contribution in [0.2, 0.25) is 0 Å². The molecule has 0 radical (unpaired) electrons. The maximum Gasteiger partial charge on any atom is 0.395 e. The van der Waals surface area contributed by atoms with Gasteiger partial charge in [0.25, 0.3) is 0 Å². The van der Waals surface area contributed by atoms with Gasteiger partial charge in [0.15, 0.2) is 0 Å². The lowest BCUT2D eigenvalue weighted by Gasteiger charge is -2.01. The van der Waals surface area contributed by atoms with Crippen molar-refractivity contribution >= 4 is 8.69 Å². The summed E-state index contributed by atoms with van der Waals surface area (Å²) in [5.41, 5.74) is 0. The second-order valence-electron chi connectivity index (χ2n) is 3.55. The number of aromatic nitrogens is 2. The van der Waals surface area contributed by atoms with Gasteiger partial charge in [-0.3, -0.25) is 0 Å². The highest BCUT2D eigenvalue weighted by molar-refractivity contribution is 7.17. The van der Waals surface area contributed by atoms with E-state index in [9.17, 15) is 4.57 Å². The molecule has 1 aromatic carbocycles. The topological polar surface area (TPSA) is 64.4 Å². The summed E-state index contributed by atoms with van der Waals surface area (Å²) in [6, 6.07) is 8.99. The lowest BCUT2D eigenvalue weighted by molar-refractivity contribution is 0.185. The Balaban J connectivity index is 0.000000180. The fourth-order valence-electron chi connectivity index (χ4n) is 1.30. The molecule has 1 atom stereocenters. The molecule has 1 unspecified atom stereocenters. The molecule has 1 heterocycles. The highest BCUT2D eigenvalue weighted by atomic mass is 31.1. The summed E-state index contributed by atoms with van der Waals surface area (Å²) in [6.07, 6.45) is 3.01. The monoisotopic (exact) mass is 266 g/mol. The number of aryl methyl sites for hydroxylation is 1. The van der Waals surface area contributed by atoms with Gasteiger partial charge in [-0.15, -0.1) is 0 Å². The molecule has 0 aliphatic heterocycles. The summed E-state index contributed by atoms with van der Waals surface area (Å²) < 4.78 is 16.3. The molecule has 5 nitrogen and oxygen atoms in total. The predicted octanol–water partition coefficient (Wildman–Crippen LogP) is 2.75. The number of aliphatic hydroxyl groups excluding tert-OH is 1. The van der Waals surface area contributed by atoms with Crippen LogP contribution in [0.4, 0.5) is 0 Å². The normalized spacial score (nSPS) is 11.5. The number of rotatable bonds is 3. The lowest BCUT2D eigenvalue weighted by atomic mass is 10.3. The van der Waals surface area contributed by atoms with Gasteiger partial charge in [0.1, 0.15) is 17.7 Å². The van der Waals surface area contributed by atoms with Gasteiger partial charge in [-0.05, 0) is 19.1 Å². The molecule has 18 heavy (non-hydrogen) atoms. The van der Waals surface area contributed by atoms with Crippen molar-refractivity contribution in [1.82, 2.24) is 9.55 Å². The maximum atomic E-state index is 9.85. The number of nitrogens with zero attached hydrogens (tertiary/aromatic N) is 2. The zero-order valence-electron chi connectivity index (χ0n) is 10.2. The Morgan fingerprint density at radius 2 is 2.06 bits per heavy atom. The zero-order chi connectivity index (χ0) is 13.4. The average molecular weight is 266 g/mol. The van der Waals surface area contributed by atoms with Crippen molar-refractivity contribution in [1.29, 1.82) is 0 Å². The molecule has 0 fully saturated rings. The lowest BCUT2D eigenvalue weighted by Crippen LogP contribution is -2.00. The second kappa shape index (κ2) is 7.58. The molecule has 96 valence electrons. The minimum atomic E-state index is -0.468. The van der Waals surface area contributed by atoms with Crippen LogP contribution in [0.5, 0.6) is 5.75 Å². The summed E-state index contributed by atoms with van der Waals surface area (Å²) in [5.74, 6) is 1.32. The van der Waals surface area contributed by atoms with E-state index < -0.39 is 6.10 Å². The Kier molecular flexibility index (Phi) is 6.05. The number of imidazole rings is 1. The molecule has 0 spiro atoms. The van der Waals surface area contributed by atoms with Crippen LogP contribution in [0.3, 0.4) is 0 Å². The summed E-state index contributed by atoms with van der Waals surface area (Å²) in [7, 11) is 1.55.